The van der Waals surface area contributed by atoms with E-state index >= 15 is 0 Å². The van der Waals surface area contributed by atoms with Crippen LogP contribution in [0.2, 0.25) is 5.02 Å². The second-order valence-corrected chi connectivity index (χ2v) is 7.30. The number of ether oxygens (including phenoxy) is 3. The molecular formula is C13H11ClF3N5O5S2. The highest BCUT2D eigenvalue weighted by atomic mass is 35.5. The SMILES string of the molecule is COc1nc(NC(=S)NS(=O)(=O)c2cc(OC(F)(F)F)ccc2Cl)nc(OC)n1. The van der Waals surface area contributed by atoms with Crippen molar-refractivity contribution in [3.05, 3.63) is 23.2 Å². The van der Waals surface area contributed by atoms with E-state index in [-0.39, 0.29) is 23.0 Å². The third-order valence-electron chi connectivity index (χ3n) is 2.84. The maximum absolute atomic E-state index is 12.5. The van der Waals surface area contributed by atoms with Gasteiger partial charge < -0.3 is 19.5 Å². The first kappa shape index (κ1) is 22.6. The molecule has 0 bridgehead atoms. The molecule has 0 aliphatic carbocycles. The summed E-state index contributed by atoms with van der Waals surface area (Å²) >= 11 is 10.7. The van der Waals surface area contributed by atoms with Crippen molar-refractivity contribution in [2.45, 2.75) is 11.3 Å². The summed E-state index contributed by atoms with van der Waals surface area (Å²) in [6.07, 6.45) is -5.02. The minimum Gasteiger partial charge on any atom is -0.467 e. The third kappa shape index (κ3) is 6.43. The van der Waals surface area contributed by atoms with Crippen LogP contribution in [0.25, 0.3) is 0 Å². The van der Waals surface area contributed by atoms with Crippen molar-refractivity contribution in [2.75, 3.05) is 19.5 Å². The smallest absolute Gasteiger partial charge is 0.467 e. The van der Waals surface area contributed by atoms with Crippen LogP contribution < -0.4 is 24.2 Å². The van der Waals surface area contributed by atoms with E-state index < -0.39 is 32.1 Å². The highest BCUT2D eigenvalue weighted by Crippen LogP contribution is 2.29. The standard InChI is InChI=1S/C13H11ClF3N5O5S2/c1-25-10-18-9(19-11(21-10)26-2)20-12(28)22-29(23,24)8-5-6(3-4-7(8)14)27-13(15,16)17/h3-5H,1-2H3,(H2,18,19,20,21,22,28). The van der Waals surface area contributed by atoms with E-state index in [1.54, 1.807) is 0 Å². The maximum atomic E-state index is 12.5. The molecular weight excluding hydrogens is 463 g/mol. The number of rotatable bonds is 6. The van der Waals surface area contributed by atoms with Crippen LogP contribution in [0.4, 0.5) is 19.1 Å². The molecule has 16 heteroatoms. The molecule has 0 fully saturated rings. The fourth-order valence-electron chi connectivity index (χ4n) is 1.77. The summed E-state index contributed by atoms with van der Waals surface area (Å²) in [6.45, 7) is 0. The number of anilines is 1. The van der Waals surface area contributed by atoms with Crippen molar-refractivity contribution in [2.24, 2.45) is 0 Å². The van der Waals surface area contributed by atoms with Crippen LogP contribution in [0.3, 0.4) is 0 Å². The lowest BCUT2D eigenvalue weighted by atomic mass is 10.3. The number of methoxy groups -OCH3 is 2. The van der Waals surface area contributed by atoms with Crippen LogP contribution in [0.1, 0.15) is 0 Å². The van der Waals surface area contributed by atoms with E-state index in [0.717, 1.165) is 12.1 Å². The lowest BCUT2D eigenvalue weighted by molar-refractivity contribution is -0.274. The van der Waals surface area contributed by atoms with Crippen molar-refractivity contribution in [1.29, 1.82) is 0 Å². The van der Waals surface area contributed by atoms with Crippen LogP contribution in [-0.4, -0.2) is 49.1 Å². The van der Waals surface area contributed by atoms with Gasteiger partial charge in [-0.15, -0.1) is 18.2 Å². The third-order valence-corrected chi connectivity index (χ3v) is 5.00. The summed E-state index contributed by atoms with van der Waals surface area (Å²) in [7, 11) is -1.94. The van der Waals surface area contributed by atoms with Crippen molar-refractivity contribution < 1.29 is 35.8 Å². The zero-order valence-electron chi connectivity index (χ0n) is 14.4. The van der Waals surface area contributed by atoms with Gasteiger partial charge >= 0.3 is 18.4 Å². The predicted molar refractivity (Wildman–Crippen MR) is 97.6 cm³/mol. The van der Waals surface area contributed by atoms with Crippen LogP contribution in [0.5, 0.6) is 17.8 Å². The van der Waals surface area contributed by atoms with Gasteiger partial charge in [-0.25, -0.2) is 8.42 Å². The van der Waals surface area contributed by atoms with E-state index in [0.29, 0.717) is 6.07 Å². The summed E-state index contributed by atoms with van der Waals surface area (Å²) in [5.74, 6) is -1.00. The molecule has 1 aromatic heterocycles. The molecule has 1 heterocycles. The number of sulfonamides is 1. The molecule has 0 amide bonds. The molecule has 0 aliphatic rings. The van der Waals surface area contributed by atoms with Gasteiger partial charge in [-0.05, 0) is 24.4 Å². The minimum absolute atomic E-state index is 0.148. The number of hydrogen-bond acceptors (Lipinski definition) is 9. The minimum atomic E-state index is -5.02. The highest BCUT2D eigenvalue weighted by molar-refractivity contribution is 7.92. The van der Waals surface area contributed by atoms with Gasteiger partial charge in [-0.3, -0.25) is 4.72 Å². The zero-order valence-corrected chi connectivity index (χ0v) is 16.8. The van der Waals surface area contributed by atoms with Crippen molar-refractivity contribution in [1.82, 2.24) is 19.7 Å². The molecule has 2 aromatic rings. The summed E-state index contributed by atoms with van der Waals surface area (Å²) < 4.78 is 77.2. The Labute approximate surface area is 172 Å². The van der Waals surface area contributed by atoms with Gasteiger partial charge in [0, 0.05) is 6.07 Å². The Morgan fingerprint density at radius 3 is 2.24 bits per heavy atom. The molecule has 0 spiro atoms. The second-order valence-electron chi connectivity index (χ2n) is 4.83. The molecule has 10 nitrogen and oxygen atoms in total. The van der Waals surface area contributed by atoms with Crippen molar-refractivity contribution in [3.8, 4) is 17.8 Å². The highest BCUT2D eigenvalue weighted by Gasteiger charge is 2.32. The Morgan fingerprint density at radius 2 is 1.72 bits per heavy atom. The van der Waals surface area contributed by atoms with Gasteiger partial charge in [0.2, 0.25) is 5.95 Å². The molecule has 0 radical (unpaired) electrons. The molecule has 0 atom stereocenters. The first-order valence-electron chi connectivity index (χ1n) is 7.16. The summed E-state index contributed by atoms with van der Waals surface area (Å²) in [5, 5.41) is 1.48. The molecule has 0 saturated carbocycles. The number of alkyl halides is 3. The first-order valence-corrected chi connectivity index (χ1v) is 9.43. The Bertz CT molecular complexity index is 1000. The van der Waals surface area contributed by atoms with Crippen LogP contribution in [0, 0.1) is 0 Å². The quantitative estimate of drug-likeness (QED) is 0.602. The number of benzene rings is 1. The number of nitrogens with one attached hydrogen (secondary N) is 2. The van der Waals surface area contributed by atoms with Gasteiger partial charge in [0.15, 0.2) is 5.11 Å². The fraction of sp³-hybridized carbons (Fsp3) is 0.231. The first-order chi connectivity index (χ1) is 13.4. The van der Waals surface area contributed by atoms with Gasteiger partial charge in [0.05, 0.1) is 19.2 Å². The van der Waals surface area contributed by atoms with E-state index in [1.807, 2.05) is 4.72 Å². The second kappa shape index (κ2) is 8.79. The average molecular weight is 474 g/mol. The van der Waals surface area contributed by atoms with Gasteiger partial charge in [0.25, 0.3) is 10.0 Å². The van der Waals surface area contributed by atoms with E-state index in [1.165, 1.54) is 14.2 Å². The Kier molecular flexibility index (Phi) is 6.86. The summed E-state index contributed by atoms with van der Waals surface area (Å²) in [4.78, 5) is 10.6. The number of halogens is 4. The monoisotopic (exact) mass is 473 g/mol. The van der Waals surface area contributed by atoms with Gasteiger partial charge in [-0.2, -0.15) is 9.97 Å². The van der Waals surface area contributed by atoms with E-state index in [2.05, 4.69) is 25.0 Å². The normalized spacial score (nSPS) is 11.5. The molecule has 0 aliphatic heterocycles. The Hall–Kier alpha value is -2.65. The van der Waals surface area contributed by atoms with Crippen LogP contribution in [-0.2, 0) is 10.0 Å². The van der Waals surface area contributed by atoms with E-state index in [4.69, 9.17) is 33.3 Å². The summed E-state index contributed by atoms with van der Waals surface area (Å²) in [5.41, 5.74) is 0. The largest absolute Gasteiger partial charge is 0.573 e. The molecule has 29 heavy (non-hydrogen) atoms. The number of nitrogens with zero attached hydrogens (tertiary/aromatic N) is 3. The topological polar surface area (TPSA) is 125 Å². The number of hydrogen-bond donors (Lipinski definition) is 2. The van der Waals surface area contributed by atoms with Gasteiger partial charge in [0.1, 0.15) is 10.6 Å². The van der Waals surface area contributed by atoms with Crippen molar-refractivity contribution >= 4 is 44.9 Å². The predicted octanol–water partition coefficient (Wildman–Crippen LogP) is 2.12. The molecule has 2 N–H and O–H groups in total. The lowest BCUT2D eigenvalue weighted by Gasteiger charge is -2.14. The molecule has 0 unspecified atom stereocenters. The molecule has 2 rings (SSSR count). The zero-order chi connectivity index (χ0) is 21.8. The number of thiocarbonyl (C=S) groups is 1. The summed E-state index contributed by atoms with van der Waals surface area (Å²) in [6, 6.07) is 2.08. The Morgan fingerprint density at radius 1 is 1.14 bits per heavy atom. The van der Waals surface area contributed by atoms with Gasteiger partial charge in [-0.1, -0.05) is 11.6 Å². The molecule has 1 aromatic carbocycles. The molecule has 0 saturated heterocycles. The van der Waals surface area contributed by atoms with E-state index in [9.17, 15) is 21.6 Å². The maximum Gasteiger partial charge on any atom is 0.573 e. The number of aromatic nitrogens is 3. The fourth-order valence-corrected chi connectivity index (χ4v) is 3.61. The lowest BCUT2D eigenvalue weighted by Crippen LogP contribution is -2.35. The van der Waals surface area contributed by atoms with Crippen LogP contribution >= 0.6 is 23.8 Å². The molecule has 158 valence electrons. The average Bonchev–Trinajstić information content (AvgIpc) is 2.61. The Balaban J connectivity index is 2.23. The van der Waals surface area contributed by atoms with Crippen LogP contribution in [0.15, 0.2) is 23.1 Å². The van der Waals surface area contributed by atoms with Crippen molar-refractivity contribution in [3.63, 3.8) is 0 Å².